The van der Waals surface area contributed by atoms with Crippen LogP contribution in [-0.4, -0.2) is 69.0 Å². The first-order valence-electron chi connectivity index (χ1n) is 15.3. The molecule has 7 rings (SSSR count). The molecule has 49 heavy (non-hydrogen) atoms. The SMILES string of the molecule is O=C(c1cnn(C[C@H](c2ccc(-c3c(-[n+]4cnn[nH]4)ccc(Cl)c3F)cn2)n2cc(-c3ccnc(C(F)(F)F)c3)cn2)c1)N1CCCCC1. The molecule has 1 aromatic carbocycles. The molecule has 17 heteroatoms. The summed E-state index contributed by atoms with van der Waals surface area (Å²) in [6.07, 6.45) is 8.57. The predicted molar refractivity (Wildman–Crippen MR) is 167 cm³/mol. The highest BCUT2D eigenvalue weighted by Gasteiger charge is 2.33. The number of piperidine rings is 1. The zero-order valence-electron chi connectivity index (χ0n) is 25.6. The maximum absolute atomic E-state index is 15.5. The average Bonchev–Trinajstić information content (AvgIpc) is 3.92. The molecule has 0 unspecified atom stereocenters. The summed E-state index contributed by atoms with van der Waals surface area (Å²) in [6, 6.07) is 8.19. The van der Waals surface area contributed by atoms with Crippen molar-refractivity contribution in [2.45, 2.75) is 38.0 Å². The number of likely N-dealkylation sites (tertiary alicyclic amines) is 1. The second-order valence-electron chi connectivity index (χ2n) is 11.5. The van der Waals surface area contributed by atoms with E-state index in [1.54, 1.807) is 40.0 Å². The van der Waals surface area contributed by atoms with Gasteiger partial charge in [0.2, 0.25) is 0 Å². The highest BCUT2D eigenvalue weighted by Crippen LogP contribution is 2.33. The van der Waals surface area contributed by atoms with E-state index in [9.17, 15) is 18.0 Å². The van der Waals surface area contributed by atoms with E-state index in [1.165, 1.54) is 41.7 Å². The van der Waals surface area contributed by atoms with Crippen LogP contribution < -0.4 is 4.68 Å². The lowest BCUT2D eigenvalue weighted by atomic mass is 10.0. The van der Waals surface area contributed by atoms with E-state index in [4.69, 9.17) is 11.6 Å². The third kappa shape index (κ3) is 6.63. The van der Waals surface area contributed by atoms with Gasteiger partial charge in [-0.2, -0.15) is 23.4 Å². The number of carbonyl (C=O) groups excluding carboxylic acids is 1. The quantitative estimate of drug-likeness (QED) is 0.169. The van der Waals surface area contributed by atoms with Crippen molar-refractivity contribution in [3.05, 3.63) is 108 Å². The molecule has 0 aliphatic carbocycles. The van der Waals surface area contributed by atoms with Gasteiger partial charge >= 0.3 is 6.18 Å². The first-order chi connectivity index (χ1) is 23.7. The topological polar surface area (TPSA) is 127 Å². The van der Waals surface area contributed by atoms with Crippen LogP contribution in [0.5, 0.6) is 0 Å². The minimum absolute atomic E-state index is 0.0868. The number of aromatic nitrogens is 10. The van der Waals surface area contributed by atoms with Gasteiger partial charge < -0.3 is 4.90 Å². The lowest BCUT2D eigenvalue weighted by Crippen LogP contribution is -2.35. The normalized spacial score (nSPS) is 14.3. The molecular formula is C32H27ClF4N11O+. The number of aromatic amines is 1. The molecule has 1 fully saturated rings. The van der Waals surface area contributed by atoms with Gasteiger partial charge in [-0.3, -0.25) is 24.1 Å². The van der Waals surface area contributed by atoms with E-state index < -0.39 is 23.7 Å². The van der Waals surface area contributed by atoms with Crippen LogP contribution in [-0.2, 0) is 12.7 Å². The van der Waals surface area contributed by atoms with Crippen molar-refractivity contribution in [2.75, 3.05) is 13.1 Å². The summed E-state index contributed by atoms with van der Waals surface area (Å²) < 4.78 is 60.2. The fourth-order valence-electron chi connectivity index (χ4n) is 5.83. The van der Waals surface area contributed by atoms with Crippen LogP contribution in [0, 0.1) is 5.82 Å². The highest BCUT2D eigenvalue weighted by molar-refractivity contribution is 6.31. The standard InChI is InChI=1S/C32H26ClF4N11O/c33-24-5-7-26(48-19-40-43-44-48)29(30(24)34)21-4-6-25(39-13-21)27(18-46-16-23(15-41-46)31(49)45-10-2-1-3-11-45)47-17-22(14-42-47)20-8-9-38-28(12-20)32(35,36)37/h4-9,12-17,19,27H,1-3,10-11,18H2/p+1/t27-/m1/s1. The molecule has 1 atom stereocenters. The number of carbonyl (C=O) groups is 1. The number of hydrogen-bond donors (Lipinski definition) is 1. The van der Waals surface area contributed by atoms with Crippen molar-refractivity contribution in [3.8, 4) is 27.9 Å². The Balaban J connectivity index is 1.24. The molecule has 1 aliphatic heterocycles. The third-order valence-corrected chi connectivity index (χ3v) is 8.61. The zero-order chi connectivity index (χ0) is 34.1. The number of nitrogens with one attached hydrogen (secondary N) is 1. The molecule has 1 amide bonds. The van der Waals surface area contributed by atoms with E-state index in [-0.39, 0.29) is 28.6 Å². The van der Waals surface area contributed by atoms with Gasteiger partial charge in [0.25, 0.3) is 12.2 Å². The van der Waals surface area contributed by atoms with Gasteiger partial charge in [-0.1, -0.05) is 22.9 Å². The number of alkyl halides is 3. The molecule has 6 heterocycles. The fourth-order valence-corrected chi connectivity index (χ4v) is 5.98. The maximum atomic E-state index is 15.5. The van der Waals surface area contributed by atoms with Crippen LogP contribution in [0.2, 0.25) is 5.02 Å². The van der Waals surface area contributed by atoms with Gasteiger partial charge in [-0.25, -0.2) is 4.39 Å². The lowest BCUT2D eigenvalue weighted by Gasteiger charge is -2.26. The lowest BCUT2D eigenvalue weighted by molar-refractivity contribution is -0.659. The minimum atomic E-state index is -4.61. The molecule has 6 aromatic rings. The van der Waals surface area contributed by atoms with Gasteiger partial charge in [0.1, 0.15) is 22.5 Å². The first-order valence-corrected chi connectivity index (χ1v) is 15.7. The van der Waals surface area contributed by atoms with E-state index in [0.717, 1.165) is 31.5 Å². The Kier molecular flexibility index (Phi) is 8.62. The van der Waals surface area contributed by atoms with Crippen molar-refractivity contribution in [3.63, 3.8) is 0 Å². The number of hydrogen-bond acceptors (Lipinski definition) is 7. The molecule has 250 valence electrons. The van der Waals surface area contributed by atoms with Gasteiger partial charge in [0, 0.05) is 49.0 Å². The molecule has 0 radical (unpaired) electrons. The molecule has 5 aromatic heterocycles. The number of nitrogens with zero attached hydrogens (tertiary/aromatic N) is 10. The van der Waals surface area contributed by atoms with Crippen molar-refractivity contribution < 1.29 is 27.0 Å². The molecule has 1 saturated heterocycles. The van der Waals surface area contributed by atoms with Crippen molar-refractivity contribution in [2.24, 2.45) is 0 Å². The molecule has 0 saturated carbocycles. The summed E-state index contributed by atoms with van der Waals surface area (Å²) in [4.78, 5) is 23.1. The van der Waals surface area contributed by atoms with Crippen LogP contribution >= 0.6 is 11.6 Å². The molecule has 1 N–H and O–H groups in total. The molecule has 0 spiro atoms. The summed E-state index contributed by atoms with van der Waals surface area (Å²) in [5, 5.41) is 18.9. The first kappa shape index (κ1) is 32.1. The third-order valence-electron chi connectivity index (χ3n) is 8.31. The summed E-state index contributed by atoms with van der Waals surface area (Å²) in [5.41, 5.74) is 1.57. The minimum Gasteiger partial charge on any atom is -0.339 e. The van der Waals surface area contributed by atoms with Crippen LogP contribution in [0.1, 0.15) is 47.1 Å². The highest BCUT2D eigenvalue weighted by atomic mass is 35.5. The van der Waals surface area contributed by atoms with Gasteiger partial charge in [-0.05, 0) is 55.2 Å². The molecular weight excluding hydrogens is 666 g/mol. The smallest absolute Gasteiger partial charge is 0.339 e. The second kappa shape index (κ2) is 13.2. The van der Waals surface area contributed by atoms with E-state index in [0.29, 0.717) is 41.2 Å². The van der Waals surface area contributed by atoms with Crippen molar-refractivity contribution in [1.29, 1.82) is 0 Å². The summed E-state index contributed by atoms with van der Waals surface area (Å²) in [6.45, 7) is 1.54. The largest absolute Gasteiger partial charge is 0.433 e. The molecule has 0 bridgehead atoms. The zero-order valence-corrected chi connectivity index (χ0v) is 26.4. The number of H-pyrrole nitrogens is 1. The molecule has 1 aliphatic rings. The predicted octanol–water partition coefficient (Wildman–Crippen LogP) is 5.33. The molecule has 12 nitrogen and oxygen atoms in total. The second-order valence-corrected chi connectivity index (χ2v) is 11.9. The number of pyridine rings is 2. The Morgan fingerprint density at radius 1 is 0.959 bits per heavy atom. The Morgan fingerprint density at radius 2 is 1.80 bits per heavy atom. The maximum Gasteiger partial charge on any atom is 0.433 e. The number of rotatable bonds is 8. The number of benzene rings is 1. The van der Waals surface area contributed by atoms with E-state index >= 15 is 4.39 Å². The van der Waals surface area contributed by atoms with Gasteiger partial charge in [0.15, 0.2) is 11.0 Å². The van der Waals surface area contributed by atoms with E-state index in [2.05, 4.69) is 35.7 Å². The van der Waals surface area contributed by atoms with Crippen LogP contribution in [0.4, 0.5) is 17.6 Å². The summed E-state index contributed by atoms with van der Waals surface area (Å²) in [5.74, 6) is -0.767. The fraction of sp³-hybridized carbons (Fsp3) is 0.250. The Bertz CT molecular complexity index is 2090. The Hall–Kier alpha value is -5.51. The number of tetrazole rings is 1. The van der Waals surface area contributed by atoms with Crippen molar-refractivity contribution >= 4 is 17.5 Å². The summed E-state index contributed by atoms with van der Waals surface area (Å²) in [7, 11) is 0. The van der Waals surface area contributed by atoms with E-state index in [1.807, 2.05) is 4.90 Å². The summed E-state index contributed by atoms with van der Waals surface area (Å²) >= 11 is 6.15. The van der Waals surface area contributed by atoms with Crippen LogP contribution in [0.3, 0.4) is 0 Å². The Labute approximate surface area is 281 Å². The Morgan fingerprint density at radius 3 is 2.53 bits per heavy atom. The van der Waals surface area contributed by atoms with Gasteiger partial charge in [-0.15, -0.1) is 4.68 Å². The van der Waals surface area contributed by atoms with Crippen LogP contribution in [0.25, 0.3) is 27.9 Å². The monoisotopic (exact) mass is 692 g/mol. The average molecular weight is 693 g/mol. The van der Waals surface area contributed by atoms with Crippen LogP contribution in [0.15, 0.2) is 79.9 Å². The number of amides is 1. The van der Waals surface area contributed by atoms with Crippen molar-refractivity contribution in [1.82, 2.24) is 50.0 Å². The number of halogens is 5. The van der Waals surface area contributed by atoms with Gasteiger partial charge in [0.05, 0.1) is 40.8 Å².